The van der Waals surface area contributed by atoms with Crippen LogP contribution in [0.3, 0.4) is 0 Å². The molecule has 0 aliphatic heterocycles. The topological polar surface area (TPSA) is 67.2 Å². The minimum Gasteiger partial charge on any atom is -0.393 e. The average molecular weight is 299 g/mol. The Kier molecular flexibility index (Phi) is 4.53. The zero-order valence-electron chi connectivity index (χ0n) is 12.5. The molecule has 1 amide bonds. The maximum atomic E-state index is 12.2. The molecule has 0 bridgehead atoms. The predicted molar refractivity (Wildman–Crippen MR) is 83.5 cm³/mol. The first kappa shape index (κ1) is 14.8. The van der Waals surface area contributed by atoms with Crippen molar-refractivity contribution in [2.75, 3.05) is 0 Å². The maximum absolute atomic E-state index is 12.2. The fraction of sp³-hybridized carbons (Fsp3) is 0.412. The van der Waals surface area contributed by atoms with Gasteiger partial charge in [0, 0.05) is 24.0 Å². The lowest BCUT2D eigenvalue weighted by Crippen LogP contribution is -2.38. The highest BCUT2D eigenvalue weighted by Crippen LogP contribution is 2.18. The minimum absolute atomic E-state index is 0.0352. The van der Waals surface area contributed by atoms with Crippen molar-refractivity contribution in [2.45, 2.75) is 44.4 Å². The average Bonchev–Trinajstić information content (AvgIpc) is 3.03. The van der Waals surface area contributed by atoms with Crippen LogP contribution in [0.15, 0.2) is 42.7 Å². The Bertz CT molecular complexity index is 599. The van der Waals surface area contributed by atoms with Crippen molar-refractivity contribution < 1.29 is 9.90 Å². The number of hydrogen-bond donors (Lipinski definition) is 2. The molecule has 1 aromatic heterocycles. The summed E-state index contributed by atoms with van der Waals surface area (Å²) in [6, 6.07) is 9.70. The van der Waals surface area contributed by atoms with Crippen LogP contribution in [-0.4, -0.2) is 32.9 Å². The fourth-order valence-corrected chi connectivity index (χ4v) is 2.83. The number of hydrogen-bond acceptors (Lipinski definition) is 3. The molecule has 1 heterocycles. The lowest BCUT2D eigenvalue weighted by Gasteiger charge is -2.26. The van der Waals surface area contributed by atoms with Gasteiger partial charge in [-0.25, -0.2) is 0 Å². The van der Waals surface area contributed by atoms with Gasteiger partial charge in [-0.15, -0.1) is 0 Å². The Balaban J connectivity index is 1.56. The number of amides is 1. The van der Waals surface area contributed by atoms with E-state index in [4.69, 9.17) is 0 Å². The summed E-state index contributed by atoms with van der Waals surface area (Å²) in [6.07, 6.45) is 6.71. The van der Waals surface area contributed by atoms with Gasteiger partial charge in [-0.3, -0.25) is 9.48 Å². The second-order valence-electron chi connectivity index (χ2n) is 5.88. The summed E-state index contributed by atoms with van der Waals surface area (Å²) < 4.78 is 1.85. The molecule has 22 heavy (non-hydrogen) atoms. The summed E-state index contributed by atoms with van der Waals surface area (Å²) in [6.45, 7) is 0.704. The van der Waals surface area contributed by atoms with E-state index >= 15 is 0 Å². The second-order valence-corrected chi connectivity index (χ2v) is 5.88. The van der Waals surface area contributed by atoms with Crippen molar-refractivity contribution in [2.24, 2.45) is 0 Å². The number of aromatic nitrogens is 2. The summed E-state index contributed by atoms with van der Waals surface area (Å²) in [5.74, 6) is -0.0352. The van der Waals surface area contributed by atoms with Crippen LogP contribution < -0.4 is 5.32 Å². The van der Waals surface area contributed by atoms with Crippen LogP contribution in [0, 0.1) is 0 Å². The molecule has 5 nitrogen and oxygen atoms in total. The van der Waals surface area contributed by atoms with Crippen molar-refractivity contribution in [1.29, 1.82) is 0 Å². The fourth-order valence-electron chi connectivity index (χ4n) is 2.83. The summed E-state index contributed by atoms with van der Waals surface area (Å²) in [5, 5.41) is 16.7. The second kappa shape index (κ2) is 6.75. The maximum Gasteiger partial charge on any atom is 0.251 e. The summed E-state index contributed by atoms with van der Waals surface area (Å²) in [4.78, 5) is 12.2. The van der Waals surface area contributed by atoms with Gasteiger partial charge < -0.3 is 10.4 Å². The Hall–Kier alpha value is -2.14. The van der Waals surface area contributed by atoms with Crippen molar-refractivity contribution in [3.63, 3.8) is 0 Å². The van der Waals surface area contributed by atoms with E-state index in [1.165, 1.54) is 0 Å². The predicted octanol–water partition coefficient (Wildman–Crippen LogP) is 1.96. The first-order valence-corrected chi connectivity index (χ1v) is 7.76. The number of benzene rings is 1. The molecular formula is C17H21N3O2. The van der Waals surface area contributed by atoms with Crippen LogP contribution in [0.5, 0.6) is 0 Å². The van der Waals surface area contributed by atoms with E-state index in [-0.39, 0.29) is 18.1 Å². The van der Waals surface area contributed by atoms with Crippen molar-refractivity contribution in [3.05, 3.63) is 53.9 Å². The van der Waals surface area contributed by atoms with Crippen molar-refractivity contribution >= 4 is 5.91 Å². The number of nitrogens with zero attached hydrogens (tertiary/aromatic N) is 2. The smallest absolute Gasteiger partial charge is 0.251 e. The first-order chi connectivity index (χ1) is 10.7. The molecule has 2 aromatic rings. The number of rotatable bonds is 4. The van der Waals surface area contributed by atoms with E-state index in [1.54, 1.807) is 6.20 Å². The Morgan fingerprint density at radius 1 is 1.23 bits per heavy atom. The molecule has 3 rings (SSSR count). The van der Waals surface area contributed by atoms with Gasteiger partial charge in [-0.05, 0) is 49.4 Å². The Morgan fingerprint density at radius 3 is 2.59 bits per heavy atom. The van der Waals surface area contributed by atoms with Crippen LogP contribution in [0.25, 0.3) is 0 Å². The van der Waals surface area contributed by atoms with E-state index in [0.717, 1.165) is 31.2 Å². The normalized spacial score (nSPS) is 21.5. The molecule has 0 atom stereocenters. The van der Waals surface area contributed by atoms with Gasteiger partial charge in [0.1, 0.15) is 0 Å². The van der Waals surface area contributed by atoms with E-state index in [9.17, 15) is 9.90 Å². The zero-order valence-corrected chi connectivity index (χ0v) is 12.5. The molecule has 1 aliphatic carbocycles. The number of aliphatic hydroxyl groups excluding tert-OH is 1. The lowest BCUT2D eigenvalue weighted by atomic mass is 9.93. The summed E-state index contributed by atoms with van der Waals surface area (Å²) >= 11 is 0. The molecule has 1 aliphatic rings. The summed E-state index contributed by atoms with van der Waals surface area (Å²) in [7, 11) is 0. The molecule has 0 unspecified atom stereocenters. The monoisotopic (exact) mass is 299 g/mol. The van der Waals surface area contributed by atoms with Gasteiger partial charge in [-0.2, -0.15) is 5.10 Å². The van der Waals surface area contributed by atoms with E-state index < -0.39 is 0 Å². The number of nitrogens with one attached hydrogen (secondary N) is 1. The molecular weight excluding hydrogens is 278 g/mol. The third-order valence-electron chi connectivity index (χ3n) is 4.15. The van der Waals surface area contributed by atoms with Gasteiger partial charge in [0.25, 0.3) is 5.91 Å². The largest absolute Gasteiger partial charge is 0.393 e. The van der Waals surface area contributed by atoms with E-state index in [1.807, 2.05) is 41.2 Å². The van der Waals surface area contributed by atoms with Gasteiger partial charge in [0.05, 0.1) is 12.6 Å². The number of carbonyl (C=O) groups excluding carboxylic acids is 1. The Labute approximate surface area is 130 Å². The standard InChI is InChI=1S/C17H21N3O2/c21-16-8-6-15(7-9-16)19-17(22)14-4-2-13(3-5-14)12-20-11-1-10-18-20/h1-5,10-11,15-16,21H,6-9,12H2,(H,19,22). The Morgan fingerprint density at radius 2 is 1.95 bits per heavy atom. The highest BCUT2D eigenvalue weighted by atomic mass is 16.3. The van der Waals surface area contributed by atoms with Crippen LogP contribution in [0.4, 0.5) is 0 Å². The van der Waals surface area contributed by atoms with Crippen LogP contribution in [0.2, 0.25) is 0 Å². The number of aliphatic hydroxyl groups is 1. The van der Waals surface area contributed by atoms with Crippen LogP contribution >= 0.6 is 0 Å². The van der Waals surface area contributed by atoms with Crippen LogP contribution in [-0.2, 0) is 6.54 Å². The quantitative estimate of drug-likeness (QED) is 0.907. The first-order valence-electron chi connectivity index (χ1n) is 7.76. The van der Waals surface area contributed by atoms with E-state index in [2.05, 4.69) is 10.4 Å². The van der Waals surface area contributed by atoms with Gasteiger partial charge in [0.15, 0.2) is 0 Å². The third kappa shape index (κ3) is 3.74. The molecule has 1 fully saturated rings. The minimum atomic E-state index is -0.199. The molecule has 0 spiro atoms. The molecule has 5 heteroatoms. The van der Waals surface area contributed by atoms with Gasteiger partial charge in [0.2, 0.25) is 0 Å². The summed E-state index contributed by atoms with van der Waals surface area (Å²) in [5.41, 5.74) is 1.79. The van der Waals surface area contributed by atoms with Crippen LogP contribution in [0.1, 0.15) is 41.6 Å². The molecule has 1 aromatic carbocycles. The molecule has 0 saturated heterocycles. The molecule has 0 radical (unpaired) electrons. The van der Waals surface area contributed by atoms with Crippen molar-refractivity contribution in [1.82, 2.24) is 15.1 Å². The van der Waals surface area contributed by atoms with Gasteiger partial charge >= 0.3 is 0 Å². The SMILES string of the molecule is O=C(NC1CCC(O)CC1)c1ccc(Cn2cccn2)cc1. The van der Waals surface area contributed by atoms with Gasteiger partial charge in [-0.1, -0.05) is 12.1 Å². The molecule has 2 N–H and O–H groups in total. The molecule has 1 saturated carbocycles. The van der Waals surface area contributed by atoms with E-state index in [0.29, 0.717) is 12.1 Å². The third-order valence-corrected chi connectivity index (χ3v) is 4.15. The molecule has 116 valence electrons. The highest BCUT2D eigenvalue weighted by Gasteiger charge is 2.21. The van der Waals surface area contributed by atoms with Crippen molar-refractivity contribution in [3.8, 4) is 0 Å². The zero-order chi connectivity index (χ0) is 15.4. The highest BCUT2D eigenvalue weighted by molar-refractivity contribution is 5.94. The number of carbonyl (C=O) groups is 1. The lowest BCUT2D eigenvalue weighted by molar-refractivity contribution is 0.0867.